The summed E-state index contributed by atoms with van der Waals surface area (Å²) in [4.78, 5) is 0. The maximum absolute atomic E-state index is 3.39. The summed E-state index contributed by atoms with van der Waals surface area (Å²) < 4.78 is 0. The normalized spacial score (nSPS) is 22.2. The summed E-state index contributed by atoms with van der Waals surface area (Å²) in [7, 11) is 2.06. The molecule has 82 valence electrons. The first kappa shape index (κ1) is 10.7. The minimum absolute atomic E-state index is 0.589. The second-order valence-electron chi connectivity index (χ2n) is 4.78. The van der Waals surface area contributed by atoms with Crippen LogP contribution in [0.3, 0.4) is 0 Å². The third-order valence-electron chi connectivity index (χ3n) is 3.72. The molecular weight excluding hydrogens is 182 g/mol. The van der Waals surface area contributed by atoms with E-state index >= 15 is 0 Å². The summed E-state index contributed by atoms with van der Waals surface area (Å²) >= 11 is 0. The van der Waals surface area contributed by atoms with Crippen LogP contribution in [0.1, 0.15) is 42.4 Å². The number of aryl methyl sites for hydroxylation is 2. The summed E-state index contributed by atoms with van der Waals surface area (Å²) in [5.74, 6) is 0.707. The Morgan fingerprint density at radius 3 is 2.93 bits per heavy atom. The van der Waals surface area contributed by atoms with Gasteiger partial charge in [0.25, 0.3) is 0 Å². The second kappa shape index (κ2) is 4.36. The van der Waals surface area contributed by atoms with Crippen molar-refractivity contribution < 1.29 is 0 Å². The van der Waals surface area contributed by atoms with Crippen molar-refractivity contribution in [1.82, 2.24) is 5.32 Å². The summed E-state index contributed by atoms with van der Waals surface area (Å²) in [6, 6.07) is 7.53. The van der Waals surface area contributed by atoms with E-state index in [1.165, 1.54) is 24.8 Å². The van der Waals surface area contributed by atoms with Crippen LogP contribution in [0.5, 0.6) is 0 Å². The number of rotatable bonds is 2. The molecule has 1 aromatic carbocycles. The molecule has 1 aliphatic carbocycles. The van der Waals surface area contributed by atoms with Gasteiger partial charge in [-0.05, 0) is 57.2 Å². The molecule has 0 spiro atoms. The van der Waals surface area contributed by atoms with Gasteiger partial charge in [0, 0.05) is 6.04 Å². The van der Waals surface area contributed by atoms with Crippen LogP contribution in [-0.2, 0) is 6.42 Å². The molecule has 15 heavy (non-hydrogen) atoms. The molecule has 1 N–H and O–H groups in total. The van der Waals surface area contributed by atoms with E-state index < -0.39 is 0 Å². The zero-order valence-electron chi connectivity index (χ0n) is 10.0. The van der Waals surface area contributed by atoms with E-state index in [4.69, 9.17) is 0 Å². The first-order chi connectivity index (χ1) is 7.22. The van der Waals surface area contributed by atoms with Gasteiger partial charge in [0.2, 0.25) is 0 Å². The number of hydrogen-bond donors (Lipinski definition) is 1. The molecule has 1 nitrogen and oxygen atoms in total. The molecule has 2 unspecified atom stereocenters. The summed E-state index contributed by atoms with van der Waals surface area (Å²) in [6.45, 7) is 4.48. The van der Waals surface area contributed by atoms with Gasteiger partial charge in [-0.2, -0.15) is 0 Å². The molecule has 1 aliphatic rings. The van der Waals surface area contributed by atoms with Crippen molar-refractivity contribution in [3.8, 4) is 0 Å². The fourth-order valence-electron chi connectivity index (χ4n) is 2.68. The van der Waals surface area contributed by atoms with E-state index in [9.17, 15) is 0 Å². The highest BCUT2D eigenvalue weighted by Gasteiger charge is 2.24. The fraction of sp³-hybridized carbons (Fsp3) is 0.571. The standard InChI is InChI=1S/C14H21N/c1-10-7-8-12-5-4-6-13(11(2)15-3)14(12)9-10/h7-9,11,13,15H,4-6H2,1-3H3. The predicted molar refractivity (Wildman–Crippen MR) is 65.4 cm³/mol. The van der Waals surface area contributed by atoms with Crippen LogP contribution >= 0.6 is 0 Å². The van der Waals surface area contributed by atoms with Crippen LogP contribution in [0.4, 0.5) is 0 Å². The highest BCUT2D eigenvalue weighted by molar-refractivity contribution is 5.36. The van der Waals surface area contributed by atoms with Gasteiger partial charge in [0.15, 0.2) is 0 Å². The lowest BCUT2D eigenvalue weighted by Gasteiger charge is -2.30. The lowest BCUT2D eigenvalue weighted by molar-refractivity contribution is 0.437. The Morgan fingerprint density at radius 1 is 1.40 bits per heavy atom. The van der Waals surface area contributed by atoms with Gasteiger partial charge in [-0.15, -0.1) is 0 Å². The predicted octanol–water partition coefficient (Wildman–Crippen LogP) is 3.02. The van der Waals surface area contributed by atoms with E-state index in [0.29, 0.717) is 12.0 Å². The van der Waals surface area contributed by atoms with Crippen molar-refractivity contribution in [2.24, 2.45) is 0 Å². The molecule has 1 heteroatoms. The Kier molecular flexibility index (Phi) is 3.11. The molecule has 0 heterocycles. The zero-order valence-corrected chi connectivity index (χ0v) is 10.0. The van der Waals surface area contributed by atoms with Crippen LogP contribution in [-0.4, -0.2) is 13.1 Å². The minimum atomic E-state index is 0.589. The van der Waals surface area contributed by atoms with Gasteiger partial charge in [0.1, 0.15) is 0 Å². The first-order valence-electron chi connectivity index (χ1n) is 5.99. The van der Waals surface area contributed by atoms with Gasteiger partial charge in [0.05, 0.1) is 0 Å². The summed E-state index contributed by atoms with van der Waals surface area (Å²) in [5.41, 5.74) is 4.55. The number of likely N-dealkylation sites (N-methyl/N-ethyl adjacent to an activating group) is 1. The van der Waals surface area contributed by atoms with E-state index in [1.54, 1.807) is 11.1 Å². The molecule has 0 bridgehead atoms. The Bertz CT molecular complexity index is 343. The van der Waals surface area contributed by atoms with Gasteiger partial charge in [-0.25, -0.2) is 0 Å². The van der Waals surface area contributed by atoms with Crippen molar-refractivity contribution in [3.05, 3.63) is 34.9 Å². The lowest BCUT2D eigenvalue weighted by atomic mass is 9.78. The van der Waals surface area contributed by atoms with Crippen LogP contribution < -0.4 is 5.32 Å². The zero-order chi connectivity index (χ0) is 10.8. The number of hydrogen-bond acceptors (Lipinski definition) is 1. The number of fused-ring (bicyclic) bond motifs is 1. The van der Waals surface area contributed by atoms with Crippen molar-refractivity contribution in [2.45, 2.75) is 45.1 Å². The fourth-order valence-corrected chi connectivity index (χ4v) is 2.68. The molecule has 2 atom stereocenters. The monoisotopic (exact) mass is 203 g/mol. The van der Waals surface area contributed by atoms with Crippen LogP contribution in [0.2, 0.25) is 0 Å². The third-order valence-corrected chi connectivity index (χ3v) is 3.72. The molecule has 0 saturated carbocycles. The van der Waals surface area contributed by atoms with E-state index in [1.807, 2.05) is 0 Å². The maximum atomic E-state index is 3.39. The minimum Gasteiger partial charge on any atom is -0.317 e. The number of nitrogens with one attached hydrogen (secondary N) is 1. The van der Waals surface area contributed by atoms with Crippen molar-refractivity contribution >= 4 is 0 Å². The third kappa shape index (κ3) is 2.07. The van der Waals surface area contributed by atoms with Gasteiger partial charge in [-0.1, -0.05) is 23.8 Å². The van der Waals surface area contributed by atoms with Crippen LogP contribution in [0.25, 0.3) is 0 Å². The smallest absolute Gasteiger partial charge is 0.0105 e. The molecule has 1 aromatic rings. The largest absolute Gasteiger partial charge is 0.317 e. The highest BCUT2D eigenvalue weighted by Crippen LogP contribution is 2.34. The van der Waals surface area contributed by atoms with E-state index in [-0.39, 0.29) is 0 Å². The molecule has 0 saturated heterocycles. The molecule has 0 radical (unpaired) electrons. The van der Waals surface area contributed by atoms with Gasteiger partial charge in [-0.3, -0.25) is 0 Å². The van der Waals surface area contributed by atoms with Crippen LogP contribution in [0.15, 0.2) is 18.2 Å². The average molecular weight is 203 g/mol. The number of benzene rings is 1. The van der Waals surface area contributed by atoms with E-state index in [0.717, 1.165) is 0 Å². The average Bonchev–Trinajstić information content (AvgIpc) is 2.27. The van der Waals surface area contributed by atoms with Gasteiger partial charge >= 0.3 is 0 Å². The van der Waals surface area contributed by atoms with Crippen molar-refractivity contribution in [1.29, 1.82) is 0 Å². The Labute approximate surface area is 92.9 Å². The lowest BCUT2D eigenvalue weighted by Crippen LogP contribution is -2.31. The summed E-state index contributed by atoms with van der Waals surface area (Å²) in [5, 5.41) is 3.39. The highest BCUT2D eigenvalue weighted by atomic mass is 14.9. The SMILES string of the molecule is CNC(C)C1CCCc2ccc(C)cc21. The topological polar surface area (TPSA) is 12.0 Å². The molecule has 0 aromatic heterocycles. The molecule has 0 aliphatic heterocycles. The molecule has 0 amide bonds. The maximum Gasteiger partial charge on any atom is 0.0105 e. The van der Waals surface area contributed by atoms with Crippen molar-refractivity contribution in [2.75, 3.05) is 7.05 Å². The molecular formula is C14H21N. The van der Waals surface area contributed by atoms with Gasteiger partial charge < -0.3 is 5.32 Å². The first-order valence-corrected chi connectivity index (χ1v) is 5.99. The second-order valence-corrected chi connectivity index (χ2v) is 4.78. The van der Waals surface area contributed by atoms with Crippen LogP contribution in [0, 0.1) is 6.92 Å². The molecule has 0 fully saturated rings. The summed E-state index contributed by atoms with van der Waals surface area (Å²) in [6.07, 6.45) is 3.94. The Hall–Kier alpha value is -0.820. The Morgan fingerprint density at radius 2 is 2.20 bits per heavy atom. The molecule has 2 rings (SSSR count). The quantitative estimate of drug-likeness (QED) is 0.779. The van der Waals surface area contributed by atoms with Crippen molar-refractivity contribution in [3.63, 3.8) is 0 Å². The Balaban J connectivity index is 2.36. The van der Waals surface area contributed by atoms with E-state index in [2.05, 4.69) is 44.4 Å².